The van der Waals surface area contributed by atoms with Gasteiger partial charge in [-0.1, -0.05) is 0 Å². The predicted octanol–water partition coefficient (Wildman–Crippen LogP) is 0.841. The molecule has 0 radical (unpaired) electrons. The van der Waals surface area contributed by atoms with Crippen molar-refractivity contribution in [1.82, 2.24) is 10.3 Å². The number of hydrogen-bond acceptors (Lipinski definition) is 4. The van der Waals surface area contributed by atoms with E-state index in [2.05, 4.69) is 16.4 Å². The van der Waals surface area contributed by atoms with Gasteiger partial charge in [-0.2, -0.15) is 5.26 Å². The summed E-state index contributed by atoms with van der Waals surface area (Å²) in [5, 5.41) is 11.7. The first-order chi connectivity index (χ1) is 8.27. The lowest BCUT2D eigenvalue weighted by molar-refractivity contribution is -0.121. The van der Waals surface area contributed by atoms with Crippen molar-refractivity contribution in [2.45, 2.75) is 12.3 Å². The number of pyridine rings is 1. The van der Waals surface area contributed by atoms with Crippen LogP contribution in [0, 0.1) is 11.3 Å². The highest BCUT2D eigenvalue weighted by Crippen LogP contribution is 2.17. The number of nitrogens with one attached hydrogen (secondary N) is 1. The molecule has 5 nitrogen and oxygen atoms in total. The van der Waals surface area contributed by atoms with Gasteiger partial charge in [-0.15, -0.1) is 0 Å². The molecule has 90 valence electrons. The summed E-state index contributed by atoms with van der Waals surface area (Å²) in [6.45, 7) is 0.933. The first-order valence-corrected chi connectivity index (χ1v) is 5.33. The number of aromatic nitrogens is 1. The lowest BCUT2D eigenvalue weighted by Gasteiger charge is -2.09. The van der Waals surface area contributed by atoms with E-state index in [0.29, 0.717) is 13.2 Å². The average molecular weight is 233 g/mol. The Labute approximate surface area is 100 Å². The number of nitriles is 1. The van der Waals surface area contributed by atoms with Gasteiger partial charge in [-0.3, -0.25) is 9.78 Å². The predicted molar refractivity (Wildman–Crippen MR) is 62.1 cm³/mol. The van der Waals surface area contributed by atoms with Crippen LogP contribution in [0.3, 0.4) is 0 Å². The molecule has 0 bridgehead atoms. The SMILES string of the molecule is COCCNC(=O)CC(C#N)c1ccncc1. The molecule has 1 aromatic heterocycles. The normalized spacial score (nSPS) is 11.5. The van der Waals surface area contributed by atoms with E-state index in [1.54, 1.807) is 31.6 Å². The largest absolute Gasteiger partial charge is 0.383 e. The van der Waals surface area contributed by atoms with Crippen molar-refractivity contribution < 1.29 is 9.53 Å². The zero-order valence-electron chi connectivity index (χ0n) is 9.72. The van der Waals surface area contributed by atoms with Gasteiger partial charge in [0.15, 0.2) is 0 Å². The molecule has 0 spiro atoms. The van der Waals surface area contributed by atoms with Gasteiger partial charge in [0.25, 0.3) is 0 Å². The molecule has 1 rings (SSSR count). The molecule has 0 fully saturated rings. The summed E-state index contributed by atoms with van der Waals surface area (Å²) in [6.07, 6.45) is 3.38. The third kappa shape index (κ3) is 4.62. The molecular formula is C12H15N3O2. The standard InChI is InChI=1S/C12H15N3O2/c1-17-7-6-15-12(16)8-11(9-13)10-2-4-14-5-3-10/h2-5,11H,6-8H2,1H3,(H,15,16). The molecule has 1 unspecified atom stereocenters. The van der Waals surface area contributed by atoms with Crippen LogP contribution in [0.4, 0.5) is 0 Å². The van der Waals surface area contributed by atoms with Crippen LogP contribution in [0.2, 0.25) is 0 Å². The van der Waals surface area contributed by atoms with Crippen LogP contribution in [0.1, 0.15) is 17.9 Å². The molecule has 17 heavy (non-hydrogen) atoms. The maximum Gasteiger partial charge on any atom is 0.221 e. The van der Waals surface area contributed by atoms with Crippen LogP contribution in [0.5, 0.6) is 0 Å². The summed E-state index contributed by atoms with van der Waals surface area (Å²) in [6, 6.07) is 5.61. The molecule has 1 atom stereocenters. The molecule has 1 heterocycles. The molecule has 1 amide bonds. The van der Waals surface area contributed by atoms with E-state index in [4.69, 9.17) is 10.00 Å². The fourth-order valence-electron chi connectivity index (χ4n) is 1.38. The Hall–Kier alpha value is -1.93. The van der Waals surface area contributed by atoms with Gasteiger partial charge in [-0.05, 0) is 17.7 Å². The first-order valence-electron chi connectivity index (χ1n) is 5.33. The molecule has 5 heteroatoms. The van der Waals surface area contributed by atoms with Gasteiger partial charge in [0.05, 0.1) is 18.6 Å². The van der Waals surface area contributed by atoms with Gasteiger partial charge in [0.1, 0.15) is 0 Å². The maximum atomic E-state index is 11.5. The summed E-state index contributed by atoms with van der Waals surface area (Å²) in [5.41, 5.74) is 0.810. The van der Waals surface area contributed by atoms with Gasteiger partial charge in [0, 0.05) is 32.5 Å². The van der Waals surface area contributed by atoms with E-state index in [-0.39, 0.29) is 12.3 Å². The fourth-order valence-corrected chi connectivity index (χ4v) is 1.38. The number of amides is 1. The Balaban J connectivity index is 2.48. The topological polar surface area (TPSA) is 75.0 Å². The van der Waals surface area contributed by atoms with E-state index in [1.165, 1.54) is 0 Å². The number of carbonyl (C=O) groups excluding carboxylic acids is 1. The fraction of sp³-hybridized carbons (Fsp3) is 0.417. The molecular weight excluding hydrogens is 218 g/mol. The highest BCUT2D eigenvalue weighted by Gasteiger charge is 2.14. The molecule has 0 aliphatic carbocycles. The summed E-state index contributed by atoms with van der Waals surface area (Å²) in [4.78, 5) is 15.4. The molecule has 0 saturated carbocycles. The summed E-state index contributed by atoms with van der Waals surface area (Å²) < 4.78 is 4.82. The van der Waals surface area contributed by atoms with Crippen LogP contribution >= 0.6 is 0 Å². The second kappa shape index (κ2) is 7.36. The van der Waals surface area contributed by atoms with Crippen LogP contribution in [0.25, 0.3) is 0 Å². The summed E-state index contributed by atoms with van der Waals surface area (Å²) in [7, 11) is 1.57. The lowest BCUT2D eigenvalue weighted by atomic mass is 9.98. The zero-order valence-corrected chi connectivity index (χ0v) is 9.72. The minimum Gasteiger partial charge on any atom is -0.383 e. The summed E-state index contributed by atoms with van der Waals surface area (Å²) >= 11 is 0. The smallest absolute Gasteiger partial charge is 0.221 e. The van der Waals surface area contributed by atoms with E-state index < -0.39 is 5.92 Å². The third-order valence-corrected chi connectivity index (χ3v) is 2.28. The molecule has 1 N–H and O–H groups in total. The number of methoxy groups -OCH3 is 1. The Kier molecular flexibility index (Phi) is 5.69. The van der Waals surface area contributed by atoms with Gasteiger partial charge >= 0.3 is 0 Å². The average Bonchev–Trinajstić information content (AvgIpc) is 2.37. The highest BCUT2D eigenvalue weighted by molar-refractivity contribution is 5.77. The zero-order chi connectivity index (χ0) is 12.5. The Morgan fingerprint density at radius 2 is 2.29 bits per heavy atom. The van der Waals surface area contributed by atoms with Crippen LogP contribution < -0.4 is 5.32 Å². The molecule has 0 saturated heterocycles. The molecule has 0 aliphatic heterocycles. The number of nitrogens with zero attached hydrogens (tertiary/aromatic N) is 2. The number of carbonyl (C=O) groups is 1. The first kappa shape index (κ1) is 13.1. The molecule has 0 aromatic carbocycles. The Bertz CT molecular complexity index is 386. The van der Waals surface area contributed by atoms with Gasteiger partial charge < -0.3 is 10.1 Å². The maximum absolute atomic E-state index is 11.5. The minimum atomic E-state index is -0.430. The van der Waals surface area contributed by atoms with Crippen molar-refractivity contribution in [2.24, 2.45) is 0 Å². The monoisotopic (exact) mass is 233 g/mol. The van der Waals surface area contributed by atoms with Crippen LogP contribution in [0.15, 0.2) is 24.5 Å². The number of rotatable bonds is 6. The highest BCUT2D eigenvalue weighted by atomic mass is 16.5. The van der Waals surface area contributed by atoms with E-state index >= 15 is 0 Å². The van der Waals surface area contributed by atoms with E-state index in [1.807, 2.05) is 0 Å². The minimum absolute atomic E-state index is 0.148. The molecule has 0 aliphatic rings. The van der Waals surface area contributed by atoms with Crippen molar-refractivity contribution in [3.05, 3.63) is 30.1 Å². The third-order valence-electron chi connectivity index (χ3n) is 2.28. The van der Waals surface area contributed by atoms with E-state index in [0.717, 1.165) is 5.56 Å². The number of hydrogen-bond donors (Lipinski definition) is 1. The van der Waals surface area contributed by atoms with Gasteiger partial charge in [0.2, 0.25) is 5.91 Å². The van der Waals surface area contributed by atoms with Crippen molar-refractivity contribution in [1.29, 1.82) is 5.26 Å². The second-order valence-electron chi connectivity index (χ2n) is 3.51. The van der Waals surface area contributed by atoms with Crippen molar-refractivity contribution in [2.75, 3.05) is 20.3 Å². The lowest BCUT2D eigenvalue weighted by Crippen LogP contribution is -2.28. The van der Waals surface area contributed by atoms with Crippen LogP contribution in [-0.4, -0.2) is 31.2 Å². The van der Waals surface area contributed by atoms with Crippen molar-refractivity contribution in [3.8, 4) is 6.07 Å². The Morgan fingerprint density at radius 1 is 1.59 bits per heavy atom. The number of ether oxygens (including phenoxy) is 1. The van der Waals surface area contributed by atoms with Crippen LogP contribution in [-0.2, 0) is 9.53 Å². The molecule has 1 aromatic rings. The van der Waals surface area contributed by atoms with Crippen molar-refractivity contribution in [3.63, 3.8) is 0 Å². The Morgan fingerprint density at radius 3 is 2.88 bits per heavy atom. The quantitative estimate of drug-likeness (QED) is 0.739. The summed E-state index contributed by atoms with van der Waals surface area (Å²) in [5.74, 6) is -0.578. The van der Waals surface area contributed by atoms with E-state index in [9.17, 15) is 4.79 Å². The van der Waals surface area contributed by atoms with Crippen molar-refractivity contribution >= 4 is 5.91 Å². The van der Waals surface area contributed by atoms with Gasteiger partial charge in [-0.25, -0.2) is 0 Å². The second-order valence-corrected chi connectivity index (χ2v) is 3.51.